The number of aryl methyl sites for hydroxylation is 1. The maximum Gasteiger partial charge on any atom is 0.260 e. The molecule has 1 fully saturated rings. The van der Waals surface area contributed by atoms with Gasteiger partial charge in [0.2, 0.25) is 0 Å². The monoisotopic (exact) mass is 320 g/mol. The number of hydrogen-bond acceptors (Lipinski definition) is 4. The molecule has 0 saturated carbocycles. The number of nitrogens with one attached hydrogen (secondary N) is 1. The van der Waals surface area contributed by atoms with Crippen LogP contribution < -0.4 is 10.1 Å². The zero-order valence-corrected chi connectivity index (χ0v) is 14.4. The van der Waals surface area contributed by atoms with Crippen molar-refractivity contribution in [2.75, 3.05) is 39.4 Å². The fourth-order valence-corrected chi connectivity index (χ4v) is 2.58. The van der Waals surface area contributed by atoms with Crippen molar-refractivity contribution in [1.82, 2.24) is 10.2 Å². The number of rotatable bonds is 7. The van der Waals surface area contributed by atoms with Gasteiger partial charge in [-0.25, -0.2) is 0 Å². The molecular weight excluding hydrogens is 292 g/mol. The van der Waals surface area contributed by atoms with Gasteiger partial charge in [-0.2, -0.15) is 0 Å². The standard InChI is InChI=1S/C18H28N2O3/c1-14-6-4-7-17(15(14)2)23-16(3)18(21)19-8-5-9-20-10-12-22-13-11-20/h4,6-7,16H,5,8-13H2,1-3H3,(H,19,21)/t16-/m0/s1. The summed E-state index contributed by atoms with van der Waals surface area (Å²) < 4.78 is 11.1. The first-order valence-electron chi connectivity index (χ1n) is 8.38. The molecule has 1 aliphatic heterocycles. The van der Waals surface area contributed by atoms with Crippen molar-refractivity contribution >= 4 is 5.91 Å². The van der Waals surface area contributed by atoms with Gasteiger partial charge in [-0.1, -0.05) is 12.1 Å². The van der Waals surface area contributed by atoms with Crippen molar-refractivity contribution in [3.63, 3.8) is 0 Å². The first kappa shape index (κ1) is 17.8. The molecule has 1 heterocycles. The van der Waals surface area contributed by atoms with Gasteiger partial charge in [-0.05, 0) is 50.9 Å². The molecule has 0 spiro atoms. The van der Waals surface area contributed by atoms with E-state index < -0.39 is 6.10 Å². The smallest absolute Gasteiger partial charge is 0.260 e. The molecule has 1 N–H and O–H groups in total. The van der Waals surface area contributed by atoms with Gasteiger partial charge >= 0.3 is 0 Å². The van der Waals surface area contributed by atoms with E-state index >= 15 is 0 Å². The maximum atomic E-state index is 12.1. The van der Waals surface area contributed by atoms with E-state index in [0.29, 0.717) is 6.54 Å². The van der Waals surface area contributed by atoms with Crippen LogP contribution in [-0.4, -0.2) is 56.3 Å². The first-order chi connectivity index (χ1) is 11.1. The Hall–Kier alpha value is -1.59. The normalized spacial score (nSPS) is 16.8. The average Bonchev–Trinajstić information content (AvgIpc) is 2.56. The summed E-state index contributed by atoms with van der Waals surface area (Å²) in [6.45, 7) is 11.1. The van der Waals surface area contributed by atoms with Gasteiger partial charge in [-0.3, -0.25) is 9.69 Å². The molecule has 1 saturated heterocycles. The third-order valence-electron chi connectivity index (χ3n) is 4.28. The molecule has 1 atom stereocenters. The van der Waals surface area contributed by atoms with E-state index in [4.69, 9.17) is 9.47 Å². The van der Waals surface area contributed by atoms with Gasteiger partial charge in [0.05, 0.1) is 13.2 Å². The number of ether oxygens (including phenoxy) is 2. The molecule has 1 aliphatic rings. The molecule has 5 heteroatoms. The number of carbonyl (C=O) groups excluding carboxylic acids is 1. The van der Waals surface area contributed by atoms with Crippen LogP contribution in [0.1, 0.15) is 24.5 Å². The molecule has 0 unspecified atom stereocenters. The van der Waals surface area contributed by atoms with Gasteiger partial charge in [-0.15, -0.1) is 0 Å². The van der Waals surface area contributed by atoms with Crippen molar-refractivity contribution in [2.24, 2.45) is 0 Å². The van der Waals surface area contributed by atoms with Gasteiger partial charge in [0.25, 0.3) is 5.91 Å². The number of morpholine rings is 1. The maximum absolute atomic E-state index is 12.1. The second-order valence-electron chi connectivity index (χ2n) is 6.06. The number of amides is 1. The summed E-state index contributed by atoms with van der Waals surface area (Å²) in [7, 11) is 0. The number of hydrogen-bond donors (Lipinski definition) is 1. The molecule has 5 nitrogen and oxygen atoms in total. The minimum atomic E-state index is -0.487. The molecule has 0 aromatic heterocycles. The number of nitrogens with zero attached hydrogens (tertiary/aromatic N) is 1. The lowest BCUT2D eigenvalue weighted by Crippen LogP contribution is -2.40. The van der Waals surface area contributed by atoms with Crippen LogP contribution in [0.2, 0.25) is 0 Å². The lowest BCUT2D eigenvalue weighted by atomic mass is 10.1. The van der Waals surface area contributed by atoms with Crippen LogP contribution in [0.3, 0.4) is 0 Å². The molecule has 0 aliphatic carbocycles. The Morgan fingerprint density at radius 2 is 2.09 bits per heavy atom. The fraction of sp³-hybridized carbons (Fsp3) is 0.611. The predicted molar refractivity (Wildman–Crippen MR) is 90.9 cm³/mol. The second kappa shape index (κ2) is 8.89. The Balaban J connectivity index is 1.69. The summed E-state index contributed by atoms with van der Waals surface area (Å²) in [5.74, 6) is 0.717. The Morgan fingerprint density at radius 3 is 2.83 bits per heavy atom. The number of benzene rings is 1. The zero-order chi connectivity index (χ0) is 16.7. The molecule has 23 heavy (non-hydrogen) atoms. The van der Waals surface area contributed by atoms with Crippen LogP contribution >= 0.6 is 0 Å². The zero-order valence-electron chi connectivity index (χ0n) is 14.4. The Kier molecular flexibility index (Phi) is 6.86. The van der Waals surface area contributed by atoms with E-state index in [2.05, 4.69) is 10.2 Å². The van der Waals surface area contributed by atoms with Crippen LogP contribution in [0.25, 0.3) is 0 Å². The largest absolute Gasteiger partial charge is 0.481 e. The minimum Gasteiger partial charge on any atom is -0.481 e. The highest BCUT2D eigenvalue weighted by atomic mass is 16.5. The van der Waals surface area contributed by atoms with Gasteiger partial charge in [0.1, 0.15) is 5.75 Å². The SMILES string of the molecule is Cc1cccc(O[C@@H](C)C(=O)NCCCN2CCOCC2)c1C. The molecule has 1 aromatic rings. The van der Waals surface area contributed by atoms with Crippen LogP contribution in [0.15, 0.2) is 18.2 Å². The van der Waals surface area contributed by atoms with Crippen molar-refractivity contribution < 1.29 is 14.3 Å². The molecule has 0 bridgehead atoms. The summed E-state index contributed by atoms with van der Waals surface area (Å²) >= 11 is 0. The molecule has 1 aromatic carbocycles. The van der Waals surface area contributed by atoms with Crippen molar-refractivity contribution in [1.29, 1.82) is 0 Å². The van der Waals surface area contributed by atoms with E-state index in [1.165, 1.54) is 5.56 Å². The summed E-state index contributed by atoms with van der Waals surface area (Å²) in [6, 6.07) is 5.90. The third kappa shape index (κ3) is 5.52. The number of carbonyl (C=O) groups is 1. The Bertz CT molecular complexity index is 513. The van der Waals surface area contributed by atoms with Gasteiger partial charge in [0, 0.05) is 19.6 Å². The minimum absolute atomic E-state index is 0.0621. The molecule has 2 rings (SSSR count). The highest BCUT2D eigenvalue weighted by Crippen LogP contribution is 2.21. The third-order valence-corrected chi connectivity index (χ3v) is 4.28. The Labute approximate surface area is 139 Å². The molecule has 128 valence electrons. The van der Waals surface area contributed by atoms with E-state index in [0.717, 1.165) is 50.6 Å². The Morgan fingerprint density at radius 1 is 1.35 bits per heavy atom. The van der Waals surface area contributed by atoms with Crippen LogP contribution in [0.4, 0.5) is 0 Å². The van der Waals surface area contributed by atoms with E-state index in [1.807, 2.05) is 32.0 Å². The summed E-state index contributed by atoms with van der Waals surface area (Å²) in [4.78, 5) is 14.5. The van der Waals surface area contributed by atoms with E-state index in [9.17, 15) is 4.79 Å². The first-order valence-corrected chi connectivity index (χ1v) is 8.38. The van der Waals surface area contributed by atoms with E-state index in [1.54, 1.807) is 6.92 Å². The lowest BCUT2D eigenvalue weighted by molar-refractivity contribution is -0.127. The van der Waals surface area contributed by atoms with Crippen LogP contribution in [0, 0.1) is 13.8 Å². The molecule has 0 radical (unpaired) electrons. The van der Waals surface area contributed by atoms with Gasteiger partial charge in [0.15, 0.2) is 6.10 Å². The summed E-state index contributed by atoms with van der Waals surface area (Å²) in [5, 5.41) is 2.95. The van der Waals surface area contributed by atoms with E-state index in [-0.39, 0.29) is 5.91 Å². The summed E-state index contributed by atoms with van der Waals surface area (Å²) in [5.41, 5.74) is 2.25. The molecular formula is C18H28N2O3. The van der Waals surface area contributed by atoms with Crippen LogP contribution in [-0.2, 0) is 9.53 Å². The highest BCUT2D eigenvalue weighted by molar-refractivity contribution is 5.80. The van der Waals surface area contributed by atoms with Crippen molar-refractivity contribution in [3.8, 4) is 5.75 Å². The second-order valence-corrected chi connectivity index (χ2v) is 6.06. The predicted octanol–water partition coefficient (Wildman–Crippen LogP) is 1.91. The van der Waals surface area contributed by atoms with Crippen molar-refractivity contribution in [3.05, 3.63) is 29.3 Å². The lowest BCUT2D eigenvalue weighted by Gasteiger charge is -2.26. The van der Waals surface area contributed by atoms with Gasteiger partial charge < -0.3 is 14.8 Å². The average molecular weight is 320 g/mol. The quantitative estimate of drug-likeness (QED) is 0.780. The fourth-order valence-electron chi connectivity index (χ4n) is 2.58. The van der Waals surface area contributed by atoms with Crippen LogP contribution in [0.5, 0.6) is 5.75 Å². The highest BCUT2D eigenvalue weighted by Gasteiger charge is 2.16. The van der Waals surface area contributed by atoms with Crippen molar-refractivity contribution in [2.45, 2.75) is 33.3 Å². The topological polar surface area (TPSA) is 50.8 Å². The molecule has 1 amide bonds. The summed E-state index contributed by atoms with van der Waals surface area (Å²) in [6.07, 6.45) is 0.459.